The molecule has 0 fully saturated rings. The van der Waals surface area contributed by atoms with E-state index >= 15 is 0 Å². The van der Waals surface area contributed by atoms with Gasteiger partial charge in [0.25, 0.3) is 11.5 Å². The molecule has 2 aromatic heterocycles. The minimum atomic E-state index is -0.781. The van der Waals surface area contributed by atoms with Crippen molar-refractivity contribution >= 4 is 5.91 Å². The molecule has 2 heterocycles. The maximum Gasteiger partial charge on any atom is 0.268 e. The number of nitrogens with two attached hydrogens (primary N) is 1. The van der Waals surface area contributed by atoms with E-state index in [2.05, 4.69) is 9.97 Å². The molecule has 23 heavy (non-hydrogen) atoms. The summed E-state index contributed by atoms with van der Waals surface area (Å²) in [4.78, 5) is 32.7. The van der Waals surface area contributed by atoms with Gasteiger partial charge in [0.15, 0.2) is 5.82 Å². The van der Waals surface area contributed by atoms with E-state index in [1.54, 1.807) is 37.5 Å². The van der Waals surface area contributed by atoms with Crippen molar-refractivity contribution in [3.8, 4) is 17.1 Å². The van der Waals surface area contributed by atoms with Crippen molar-refractivity contribution in [1.29, 1.82) is 0 Å². The van der Waals surface area contributed by atoms with Crippen LogP contribution in [0.15, 0.2) is 59.7 Å². The van der Waals surface area contributed by atoms with Crippen molar-refractivity contribution in [3.05, 3.63) is 76.5 Å². The molecule has 0 aliphatic heterocycles. The van der Waals surface area contributed by atoms with E-state index in [9.17, 15) is 9.59 Å². The first-order valence-corrected chi connectivity index (χ1v) is 6.99. The second-order valence-corrected chi connectivity index (χ2v) is 4.97. The second kappa shape index (κ2) is 5.84. The van der Waals surface area contributed by atoms with Crippen LogP contribution in [0, 0.1) is 6.92 Å². The van der Waals surface area contributed by atoms with Gasteiger partial charge in [-0.25, -0.2) is 9.97 Å². The molecule has 0 bridgehead atoms. The third-order valence-electron chi connectivity index (χ3n) is 3.53. The number of hydrogen-bond acceptors (Lipinski definition) is 4. The summed E-state index contributed by atoms with van der Waals surface area (Å²) in [5.74, 6) is -0.353. The molecule has 0 saturated heterocycles. The Hall–Kier alpha value is -3.28. The van der Waals surface area contributed by atoms with Gasteiger partial charge in [-0.3, -0.25) is 14.2 Å². The Morgan fingerprint density at radius 1 is 1.09 bits per heavy atom. The number of aromatic nitrogens is 3. The first-order chi connectivity index (χ1) is 11.1. The topological polar surface area (TPSA) is 90.9 Å². The molecule has 6 heteroatoms. The lowest BCUT2D eigenvalue weighted by atomic mass is 10.1. The third-order valence-corrected chi connectivity index (χ3v) is 3.53. The normalized spacial score (nSPS) is 10.5. The second-order valence-electron chi connectivity index (χ2n) is 4.97. The summed E-state index contributed by atoms with van der Waals surface area (Å²) < 4.78 is 1.45. The Labute approximate surface area is 132 Å². The van der Waals surface area contributed by atoms with Crippen molar-refractivity contribution in [3.63, 3.8) is 0 Å². The molecule has 0 unspecified atom stereocenters. The van der Waals surface area contributed by atoms with Crippen molar-refractivity contribution in [1.82, 2.24) is 14.5 Å². The summed E-state index contributed by atoms with van der Waals surface area (Å²) in [6.45, 7) is 1.78. The van der Waals surface area contributed by atoms with E-state index in [-0.39, 0.29) is 5.56 Å². The lowest BCUT2D eigenvalue weighted by Crippen LogP contribution is -2.30. The molecule has 1 amide bonds. The number of nitrogens with zero attached hydrogens (tertiary/aromatic N) is 3. The van der Waals surface area contributed by atoms with Crippen LogP contribution in [0.3, 0.4) is 0 Å². The van der Waals surface area contributed by atoms with E-state index in [0.29, 0.717) is 22.8 Å². The minimum Gasteiger partial charge on any atom is -0.365 e. The number of para-hydroxylation sites is 1. The van der Waals surface area contributed by atoms with E-state index in [1.165, 1.54) is 10.6 Å². The molecular formula is C17H14N4O2. The van der Waals surface area contributed by atoms with E-state index in [4.69, 9.17) is 5.73 Å². The van der Waals surface area contributed by atoms with Gasteiger partial charge in [-0.1, -0.05) is 18.2 Å². The van der Waals surface area contributed by atoms with Gasteiger partial charge in [0.05, 0.1) is 0 Å². The number of carbonyl (C=O) groups excluding carboxylic acids is 1. The maximum absolute atomic E-state index is 12.6. The number of hydrogen-bond donors (Lipinski definition) is 1. The number of pyridine rings is 1. The number of primary amides is 1. The smallest absolute Gasteiger partial charge is 0.268 e. The van der Waals surface area contributed by atoms with Gasteiger partial charge in [0.2, 0.25) is 0 Å². The highest BCUT2D eigenvalue weighted by Crippen LogP contribution is 2.21. The van der Waals surface area contributed by atoms with Crippen LogP contribution < -0.4 is 11.3 Å². The third kappa shape index (κ3) is 2.62. The van der Waals surface area contributed by atoms with Crippen LogP contribution in [0.4, 0.5) is 0 Å². The molecule has 1 aromatic carbocycles. The summed E-state index contributed by atoms with van der Waals surface area (Å²) in [6.07, 6.45) is 3.20. The summed E-state index contributed by atoms with van der Waals surface area (Å²) in [5.41, 5.74) is 6.68. The fourth-order valence-electron chi connectivity index (χ4n) is 2.43. The average Bonchev–Trinajstić information content (AvgIpc) is 2.56. The molecule has 114 valence electrons. The summed E-state index contributed by atoms with van der Waals surface area (Å²) in [6, 6.07) is 12.2. The monoisotopic (exact) mass is 306 g/mol. The predicted molar refractivity (Wildman–Crippen MR) is 86.3 cm³/mol. The molecule has 0 aliphatic carbocycles. The SMILES string of the molecule is Cc1c(-c2ncccn2)cc(C(N)=O)c(=O)n1-c1ccccc1. The van der Waals surface area contributed by atoms with Crippen molar-refractivity contribution in [2.75, 3.05) is 0 Å². The number of amides is 1. The van der Waals surface area contributed by atoms with E-state index < -0.39 is 11.5 Å². The highest BCUT2D eigenvalue weighted by atomic mass is 16.2. The van der Waals surface area contributed by atoms with Gasteiger partial charge in [-0.2, -0.15) is 0 Å². The number of rotatable bonds is 3. The van der Waals surface area contributed by atoms with E-state index in [0.717, 1.165) is 0 Å². The minimum absolute atomic E-state index is 0.0955. The maximum atomic E-state index is 12.6. The summed E-state index contributed by atoms with van der Waals surface area (Å²) >= 11 is 0. The predicted octanol–water partition coefficient (Wildman–Crippen LogP) is 1.70. The summed E-state index contributed by atoms with van der Waals surface area (Å²) in [5, 5.41) is 0. The van der Waals surface area contributed by atoms with Crippen LogP contribution in [0.2, 0.25) is 0 Å². The van der Waals surface area contributed by atoms with Crippen LogP contribution >= 0.6 is 0 Å². The Morgan fingerprint density at radius 3 is 2.35 bits per heavy atom. The first kappa shape index (κ1) is 14.6. The molecule has 0 radical (unpaired) electrons. The van der Waals surface area contributed by atoms with Crippen LogP contribution in [0.1, 0.15) is 16.1 Å². The first-order valence-electron chi connectivity index (χ1n) is 6.99. The van der Waals surface area contributed by atoms with Gasteiger partial charge in [-0.05, 0) is 31.2 Å². The quantitative estimate of drug-likeness (QED) is 0.797. The van der Waals surface area contributed by atoms with Crippen LogP contribution in [0.25, 0.3) is 17.1 Å². The molecule has 0 aliphatic rings. The Balaban J connectivity index is 2.38. The summed E-state index contributed by atoms with van der Waals surface area (Å²) in [7, 11) is 0. The van der Waals surface area contributed by atoms with E-state index in [1.807, 2.05) is 18.2 Å². The van der Waals surface area contributed by atoms with Gasteiger partial charge in [0, 0.05) is 29.3 Å². The zero-order chi connectivity index (χ0) is 16.4. The molecular weight excluding hydrogens is 292 g/mol. The molecule has 0 saturated carbocycles. The lowest BCUT2D eigenvalue weighted by Gasteiger charge is -2.15. The highest BCUT2D eigenvalue weighted by molar-refractivity contribution is 5.93. The lowest BCUT2D eigenvalue weighted by molar-refractivity contribution is 0.0998. The fraction of sp³-hybridized carbons (Fsp3) is 0.0588. The Bertz CT molecular complexity index is 919. The Kier molecular flexibility index (Phi) is 3.72. The van der Waals surface area contributed by atoms with Crippen molar-refractivity contribution < 1.29 is 4.79 Å². The van der Waals surface area contributed by atoms with Crippen molar-refractivity contribution in [2.45, 2.75) is 6.92 Å². The van der Waals surface area contributed by atoms with Gasteiger partial charge < -0.3 is 5.73 Å². The molecule has 6 nitrogen and oxygen atoms in total. The van der Waals surface area contributed by atoms with Gasteiger partial charge in [0.1, 0.15) is 5.56 Å². The van der Waals surface area contributed by atoms with Crippen LogP contribution in [0.5, 0.6) is 0 Å². The Morgan fingerprint density at radius 2 is 1.74 bits per heavy atom. The van der Waals surface area contributed by atoms with Crippen LogP contribution in [-0.4, -0.2) is 20.4 Å². The molecule has 2 N–H and O–H groups in total. The van der Waals surface area contributed by atoms with Crippen molar-refractivity contribution in [2.24, 2.45) is 5.73 Å². The average molecular weight is 306 g/mol. The largest absolute Gasteiger partial charge is 0.365 e. The zero-order valence-corrected chi connectivity index (χ0v) is 12.4. The molecule has 3 rings (SSSR count). The van der Waals surface area contributed by atoms with Crippen LogP contribution in [-0.2, 0) is 0 Å². The highest BCUT2D eigenvalue weighted by Gasteiger charge is 2.18. The molecule has 3 aromatic rings. The molecule has 0 spiro atoms. The fourth-order valence-corrected chi connectivity index (χ4v) is 2.43. The van der Waals surface area contributed by atoms with Gasteiger partial charge >= 0.3 is 0 Å². The number of benzene rings is 1. The zero-order valence-electron chi connectivity index (χ0n) is 12.4. The number of carbonyl (C=O) groups is 1. The molecule has 0 atom stereocenters. The van der Waals surface area contributed by atoms with Gasteiger partial charge in [-0.15, -0.1) is 0 Å². The standard InChI is InChI=1S/C17H14N4O2/c1-11-13(16-19-8-5-9-20-16)10-14(15(18)22)17(23)21(11)12-6-3-2-4-7-12/h2-10H,1H3,(H2,18,22).